The zero-order valence-corrected chi connectivity index (χ0v) is 35.3. The van der Waals surface area contributed by atoms with Crippen molar-refractivity contribution in [3.8, 4) is 11.1 Å². The van der Waals surface area contributed by atoms with E-state index in [0.717, 1.165) is 27.8 Å². The van der Waals surface area contributed by atoms with Crippen LogP contribution in [-0.4, -0.2) is 97.6 Å². The van der Waals surface area contributed by atoms with Crippen LogP contribution in [0.25, 0.3) is 11.1 Å². The fraction of sp³-hybridized carbons (Fsp3) is 0.489. The molecular formula is C45H59N5O9. The third-order valence-electron chi connectivity index (χ3n) is 9.91. The Hall–Kier alpha value is -5.31. The third kappa shape index (κ3) is 12.4. The van der Waals surface area contributed by atoms with Crippen LogP contribution in [0.5, 0.6) is 0 Å². The predicted molar refractivity (Wildman–Crippen MR) is 222 cm³/mol. The summed E-state index contributed by atoms with van der Waals surface area (Å²) in [6.07, 6.45) is -2.18. The van der Waals surface area contributed by atoms with Crippen molar-refractivity contribution in [1.82, 2.24) is 26.6 Å². The summed E-state index contributed by atoms with van der Waals surface area (Å²) in [7, 11) is 0. The molecule has 1 aliphatic heterocycles. The quantitative estimate of drug-likeness (QED) is 0.0966. The topological polar surface area (TPSA) is 182 Å². The monoisotopic (exact) mass is 813 g/mol. The molecule has 0 radical (unpaired) electrons. The maximum atomic E-state index is 14.0. The Kier molecular flexibility index (Phi) is 14.6. The second-order valence-electron chi connectivity index (χ2n) is 17.5. The van der Waals surface area contributed by atoms with Crippen LogP contribution in [0.15, 0.2) is 78.9 Å². The molecule has 3 atom stereocenters. The van der Waals surface area contributed by atoms with Gasteiger partial charge in [0.15, 0.2) is 6.10 Å². The Balaban J connectivity index is 1.26. The summed E-state index contributed by atoms with van der Waals surface area (Å²) in [5.74, 6) is -3.09. The lowest BCUT2D eigenvalue weighted by molar-refractivity contribution is -0.182. The normalized spacial score (nSPS) is 16.0. The molecule has 3 aromatic rings. The molecule has 5 rings (SSSR count). The van der Waals surface area contributed by atoms with Gasteiger partial charge in [-0.2, -0.15) is 0 Å². The molecule has 14 heteroatoms. The number of hydrogen-bond acceptors (Lipinski definition) is 11. The van der Waals surface area contributed by atoms with Crippen LogP contribution in [0.3, 0.4) is 0 Å². The van der Waals surface area contributed by atoms with Gasteiger partial charge in [0.25, 0.3) is 0 Å². The van der Waals surface area contributed by atoms with E-state index >= 15 is 0 Å². The Morgan fingerprint density at radius 3 is 1.86 bits per heavy atom. The predicted octanol–water partition coefficient (Wildman–Crippen LogP) is 4.35. The first kappa shape index (κ1) is 44.8. The molecule has 1 aliphatic carbocycles. The number of nitrogens with one attached hydrogen (secondary N) is 5. The summed E-state index contributed by atoms with van der Waals surface area (Å²) in [5, 5.41) is 14.8. The number of carbonyl (C=O) groups excluding carboxylic acids is 5. The summed E-state index contributed by atoms with van der Waals surface area (Å²) in [6.45, 7) is 14.2. The average molecular weight is 814 g/mol. The van der Waals surface area contributed by atoms with Gasteiger partial charge in [0.2, 0.25) is 11.8 Å². The number of ether oxygens (including phenoxy) is 4. The van der Waals surface area contributed by atoms with Crippen LogP contribution in [0, 0.1) is 5.92 Å². The molecule has 59 heavy (non-hydrogen) atoms. The number of esters is 2. The molecule has 0 aromatic heterocycles. The first-order valence-corrected chi connectivity index (χ1v) is 20.1. The van der Waals surface area contributed by atoms with Gasteiger partial charge in [0, 0.05) is 25.6 Å². The van der Waals surface area contributed by atoms with E-state index in [9.17, 15) is 24.0 Å². The summed E-state index contributed by atoms with van der Waals surface area (Å²) >= 11 is 0. The van der Waals surface area contributed by atoms with Crippen molar-refractivity contribution in [3.63, 3.8) is 0 Å². The smallest absolute Gasteiger partial charge is 0.407 e. The van der Waals surface area contributed by atoms with E-state index in [1.165, 1.54) is 0 Å². The largest absolute Gasteiger partial charge is 0.460 e. The van der Waals surface area contributed by atoms with Crippen LogP contribution in [-0.2, 0) is 44.7 Å². The molecule has 0 bridgehead atoms. The number of alkyl carbamates (subject to hydrolysis) is 1. The zero-order valence-electron chi connectivity index (χ0n) is 35.3. The van der Waals surface area contributed by atoms with E-state index in [1.807, 2.05) is 80.6 Å². The van der Waals surface area contributed by atoms with Crippen molar-refractivity contribution in [1.29, 1.82) is 0 Å². The second kappa shape index (κ2) is 19.2. The first-order chi connectivity index (χ1) is 27.8. The minimum Gasteiger partial charge on any atom is -0.460 e. The fourth-order valence-corrected chi connectivity index (χ4v) is 7.03. The highest BCUT2D eigenvalue weighted by atomic mass is 16.6. The summed E-state index contributed by atoms with van der Waals surface area (Å²) in [4.78, 5) is 67.6. The molecular weight excluding hydrogens is 755 g/mol. The van der Waals surface area contributed by atoms with Crippen molar-refractivity contribution in [2.75, 3.05) is 32.8 Å². The average Bonchev–Trinajstić information content (AvgIpc) is 3.48. The SMILES string of the molecule is CC(C)C(NC(=O)OCC1c2ccccc2-c2ccccc21)C(=O)NCC1(NC(C(=O)NCC(=O)OCc2ccccc2)C(OC(C)(C)C)C(=O)OC(C)(C)C)CNC1. The number of benzene rings is 3. The highest BCUT2D eigenvalue weighted by Gasteiger charge is 2.47. The maximum Gasteiger partial charge on any atom is 0.407 e. The third-order valence-corrected chi connectivity index (χ3v) is 9.91. The van der Waals surface area contributed by atoms with Crippen molar-refractivity contribution < 1.29 is 42.9 Å². The minimum atomic E-state index is -1.46. The minimum absolute atomic E-state index is 0.00781. The summed E-state index contributed by atoms with van der Waals surface area (Å²) < 4.78 is 23.0. The molecule has 2 aliphatic rings. The Bertz CT molecular complexity index is 1910. The van der Waals surface area contributed by atoms with Gasteiger partial charge in [0.05, 0.1) is 11.1 Å². The molecule has 3 aromatic carbocycles. The fourth-order valence-electron chi connectivity index (χ4n) is 7.03. The highest BCUT2D eigenvalue weighted by Crippen LogP contribution is 2.44. The van der Waals surface area contributed by atoms with E-state index in [2.05, 4.69) is 38.7 Å². The molecule has 3 unspecified atom stereocenters. The van der Waals surface area contributed by atoms with Crippen LogP contribution >= 0.6 is 0 Å². The second-order valence-corrected chi connectivity index (χ2v) is 17.5. The van der Waals surface area contributed by atoms with Gasteiger partial charge in [0.1, 0.15) is 37.4 Å². The Labute approximate surface area is 346 Å². The van der Waals surface area contributed by atoms with Crippen molar-refractivity contribution in [2.45, 2.75) is 103 Å². The van der Waals surface area contributed by atoms with Gasteiger partial charge in [-0.3, -0.25) is 19.7 Å². The van der Waals surface area contributed by atoms with Crippen LogP contribution in [0.4, 0.5) is 4.79 Å². The molecule has 318 valence electrons. The molecule has 1 fully saturated rings. The molecule has 14 nitrogen and oxygen atoms in total. The number of amides is 3. The van der Waals surface area contributed by atoms with Gasteiger partial charge in [-0.05, 0) is 75.3 Å². The van der Waals surface area contributed by atoms with E-state index in [0.29, 0.717) is 13.1 Å². The van der Waals surface area contributed by atoms with E-state index < -0.39 is 71.3 Å². The lowest BCUT2D eigenvalue weighted by atomic mass is 9.89. The Morgan fingerprint density at radius 2 is 1.32 bits per heavy atom. The number of carbonyl (C=O) groups is 5. The summed E-state index contributed by atoms with van der Waals surface area (Å²) in [5.41, 5.74) is 2.38. The maximum absolute atomic E-state index is 14.0. The van der Waals surface area contributed by atoms with Crippen LogP contribution in [0.2, 0.25) is 0 Å². The van der Waals surface area contributed by atoms with Gasteiger partial charge in [-0.25, -0.2) is 9.59 Å². The number of rotatable bonds is 17. The molecule has 1 heterocycles. The molecule has 1 saturated heterocycles. The van der Waals surface area contributed by atoms with Gasteiger partial charge < -0.3 is 40.2 Å². The van der Waals surface area contributed by atoms with Crippen molar-refractivity contribution in [3.05, 3.63) is 95.6 Å². The standard InChI is InChI=1S/C45H59N5O9/c1-28(2)36(49-42(55)57-24-34-32-20-14-12-18-30(32)31-19-13-15-21-33(31)34)39(52)48-27-45(25-46-26-45)50-37(38(58-43(3,4)5)41(54)59-44(6,7)8)40(53)47-22-35(51)56-23-29-16-10-9-11-17-29/h9-21,28,34,36-38,46,50H,22-27H2,1-8H3,(H,47,53)(H,48,52)(H,49,55). The van der Waals surface area contributed by atoms with E-state index in [1.54, 1.807) is 41.5 Å². The van der Waals surface area contributed by atoms with Crippen LogP contribution in [0.1, 0.15) is 78.0 Å². The van der Waals surface area contributed by atoms with Gasteiger partial charge in [-0.15, -0.1) is 0 Å². The molecule has 0 spiro atoms. The van der Waals surface area contributed by atoms with E-state index in [4.69, 9.17) is 18.9 Å². The number of fused-ring (bicyclic) bond motifs is 3. The highest BCUT2D eigenvalue weighted by molar-refractivity contribution is 5.92. The molecule has 5 N–H and O–H groups in total. The van der Waals surface area contributed by atoms with Gasteiger partial charge >= 0.3 is 18.0 Å². The van der Waals surface area contributed by atoms with E-state index in [-0.39, 0.29) is 31.6 Å². The molecule has 3 amide bonds. The Morgan fingerprint density at radius 1 is 0.746 bits per heavy atom. The van der Waals surface area contributed by atoms with Gasteiger partial charge in [-0.1, -0.05) is 92.7 Å². The lowest BCUT2D eigenvalue weighted by Crippen LogP contribution is -2.77. The first-order valence-electron chi connectivity index (χ1n) is 20.1. The lowest BCUT2D eigenvalue weighted by Gasteiger charge is -2.47. The number of hydrogen-bond donors (Lipinski definition) is 5. The molecule has 0 saturated carbocycles. The van der Waals surface area contributed by atoms with Crippen molar-refractivity contribution >= 4 is 29.8 Å². The van der Waals surface area contributed by atoms with Crippen LogP contribution < -0.4 is 26.6 Å². The van der Waals surface area contributed by atoms with Crippen molar-refractivity contribution in [2.24, 2.45) is 5.92 Å². The zero-order chi connectivity index (χ0) is 43.0. The summed E-state index contributed by atoms with van der Waals surface area (Å²) in [6, 6.07) is 22.9.